The third-order valence-electron chi connectivity index (χ3n) is 3.07. The molecular formula is C17H17FN2O. The van der Waals surface area contributed by atoms with Gasteiger partial charge in [-0.3, -0.25) is 4.79 Å². The standard InChI is InChI=1S/C17H17FN2O/c1-12(15-7-2-3-8-16(15)18)20-17(21)10-9-13-5-4-6-14(19)11-13/h2-12H,19H2,1H3,(H,20,21)/b10-9+/t12-/m1/s1. The van der Waals surface area contributed by atoms with Crippen LogP contribution in [0, 0.1) is 5.82 Å². The van der Waals surface area contributed by atoms with Crippen LogP contribution in [0.2, 0.25) is 0 Å². The molecule has 0 aromatic heterocycles. The van der Waals surface area contributed by atoms with Crippen molar-refractivity contribution in [1.82, 2.24) is 5.32 Å². The maximum atomic E-state index is 13.6. The molecule has 0 radical (unpaired) electrons. The predicted octanol–water partition coefficient (Wildman–Crippen LogP) is 3.30. The molecule has 3 N–H and O–H groups in total. The number of hydrogen-bond acceptors (Lipinski definition) is 2. The number of carbonyl (C=O) groups is 1. The van der Waals surface area contributed by atoms with Crippen LogP contribution in [0.5, 0.6) is 0 Å². The van der Waals surface area contributed by atoms with E-state index in [-0.39, 0.29) is 11.7 Å². The van der Waals surface area contributed by atoms with Gasteiger partial charge in [0, 0.05) is 17.3 Å². The van der Waals surface area contributed by atoms with Crippen molar-refractivity contribution in [3.05, 3.63) is 71.6 Å². The molecular weight excluding hydrogens is 267 g/mol. The van der Waals surface area contributed by atoms with Gasteiger partial charge in [-0.15, -0.1) is 0 Å². The van der Waals surface area contributed by atoms with Crippen molar-refractivity contribution in [1.29, 1.82) is 0 Å². The molecule has 0 aliphatic carbocycles. The van der Waals surface area contributed by atoms with Crippen LogP contribution in [-0.2, 0) is 4.79 Å². The van der Waals surface area contributed by atoms with Gasteiger partial charge in [0.1, 0.15) is 5.82 Å². The Bertz CT molecular complexity index is 667. The third kappa shape index (κ3) is 4.18. The summed E-state index contributed by atoms with van der Waals surface area (Å²) in [7, 11) is 0. The lowest BCUT2D eigenvalue weighted by atomic mass is 10.1. The van der Waals surface area contributed by atoms with E-state index in [2.05, 4.69) is 5.32 Å². The molecule has 1 atom stereocenters. The average Bonchev–Trinajstić information content (AvgIpc) is 2.45. The number of benzene rings is 2. The first-order chi connectivity index (χ1) is 10.1. The van der Waals surface area contributed by atoms with Crippen molar-refractivity contribution in [3.8, 4) is 0 Å². The van der Waals surface area contributed by atoms with Crippen molar-refractivity contribution in [2.45, 2.75) is 13.0 Å². The van der Waals surface area contributed by atoms with Gasteiger partial charge < -0.3 is 11.1 Å². The van der Waals surface area contributed by atoms with Crippen molar-refractivity contribution < 1.29 is 9.18 Å². The molecule has 0 saturated heterocycles. The summed E-state index contributed by atoms with van der Waals surface area (Å²) in [5, 5.41) is 2.72. The second-order valence-electron chi connectivity index (χ2n) is 4.76. The highest BCUT2D eigenvalue weighted by atomic mass is 19.1. The van der Waals surface area contributed by atoms with E-state index in [1.165, 1.54) is 12.1 Å². The molecule has 0 aliphatic rings. The minimum Gasteiger partial charge on any atom is -0.399 e. The van der Waals surface area contributed by atoms with Crippen molar-refractivity contribution >= 4 is 17.7 Å². The number of halogens is 1. The molecule has 0 heterocycles. The zero-order chi connectivity index (χ0) is 15.2. The first-order valence-electron chi connectivity index (χ1n) is 6.65. The Morgan fingerprint density at radius 2 is 2.00 bits per heavy atom. The van der Waals surface area contributed by atoms with Gasteiger partial charge in [-0.1, -0.05) is 30.3 Å². The maximum Gasteiger partial charge on any atom is 0.244 e. The minimum absolute atomic E-state index is 0.284. The average molecular weight is 284 g/mol. The Kier molecular flexibility index (Phi) is 4.72. The molecule has 2 rings (SSSR count). The minimum atomic E-state index is -0.399. The van der Waals surface area contributed by atoms with Crippen LogP contribution >= 0.6 is 0 Å². The number of nitrogen functional groups attached to an aromatic ring is 1. The fourth-order valence-electron chi connectivity index (χ4n) is 2.00. The Labute approximate surface area is 123 Å². The van der Waals surface area contributed by atoms with Crippen molar-refractivity contribution in [2.75, 3.05) is 5.73 Å². The van der Waals surface area contributed by atoms with Gasteiger partial charge in [0.2, 0.25) is 5.91 Å². The van der Waals surface area contributed by atoms with Gasteiger partial charge in [-0.05, 0) is 36.8 Å². The molecule has 1 amide bonds. The second-order valence-corrected chi connectivity index (χ2v) is 4.76. The van der Waals surface area contributed by atoms with E-state index in [1.807, 2.05) is 12.1 Å². The normalized spacial score (nSPS) is 12.3. The number of hydrogen-bond donors (Lipinski definition) is 2. The second kappa shape index (κ2) is 6.70. The molecule has 0 fully saturated rings. The van der Waals surface area contributed by atoms with Crippen LogP contribution in [0.4, 0.5) is 10.1 Å². The Morgan fingerprint density at radius 1 is 1.24 bits per heavy atom. The third-order valence-corrected chi connectivity index (χ3v) is 3.07. The number of carbonyl (C=O) groups excluding carboxylic acids is 1. The van der Waals surface area contributed by atoms with E-state index in [0.29, 0.717) is 11.3 Å². The fraction of sp³-hybridized carbons (Fsp3) is 0.118. The molecule has 0 saturated carbocycles. The lowest BCUT2D eigenvalue weighted by Gasteiger charge is -2.13. The lowest BCUT2D eigenvalue weighted by molar-refractivity contribution is -0.117. The Morgan fingerprint density at radius 3 is 2.71 bits per heavy atom. The fourth-order valence-corrected chi connectivity index (χ4v) is 2.00. The Hall–Kier alpha value is -2.62. The van der Waals surface area contributed by atoms with Crippen LogP contribution in [0.1, 0.15) is 24.1 Å². The topological polar surface area (TPSA) is 55.1 Å². The van der Waals surface area contributed by atoms with Crippen molar-refractivity contribution in [3.63, 3.8) is 0 Å². The van der Waals surface area contributed by atoms with Gasteiger partial charge in [0.05, 0.1) is 6.04 Å². The molecule has 108 valence electrons. The molecule has 21 heavy (non-hydrogen) atoms. The van der Waals surface area contributed by atoms with Crippen LogP contribution in [-0.4, -0.2) is 5.91 Å². The van der Waals surface area contributed by atoms with E-state index in [0.717, 1.165) is 5.56 Å². The number of nitrogens with one attached hydrogen (secondary N) is 1. The molecule has 2 aromatic carbocycles. The number of rotatable bonds is 4. The lowest BCUT2D eigenvalue weighted by Crippen LogP contribution is -2.25. The summed E-state index contributed by atoms with van der Waals surface area (Å²) in [6, 6.07) is 13.2. The van der Waals surface area contributed by atoms with E-state index in [1.54, 1.807) is 43.3 Å². The largest absolute Gasteiger partial charge is 0.399 e. The van der Waals surface area contributed by atoms with Gasteiger partial charge in [0.15, 0.2) is 0 Å². The van der Waals surface area contributed by atoms with E-state index in [9.17, 15) is 9.18 Å². The van der Waals surface area contributed by atoms with Crippen LogP contribution in [0.3, 0.4) is 0 Å². The molecule has 0 bridgehead atoms. The maximum absolute atomic E-state index is 13.6. The summed E-state index contributed by atoms with van der Waals surface area (Å²) in [6.07, 6.45) is 3.08. The highest BCUT2D eigenvalue weighted by Gasteiger charge is 2.11. The SMILES string of the molecule is C[C@@H](NC(=O)/C=C/c1cccc(N)c1)c1ccccc1F. The van der Waals surface area contributed by atoms with Gasteiger partial charge in [-0.2, -0.15) is 0 Å². The number of nitrogens with two attached hydrogens (primary N) is 1. The zero-order valence-corrected chi connectivity index (χ0v) is 11.7. The highest BCUT2D eigenvalue weighted by molar-refractivity contribution is 5.92. The van der Waals surface area contributed by atoms with E-state index >= 15 is 0 Å². The summed E-state index contributed by atoms with van der Waals surface area (Å²) in [4.78, 5) is 11.8. The molecule has 4 heteroatoms. The van der Waals surface area contributed by atoms with Crippen molar-refractivity contribution in [2.24, 2.45) is 0 Å². The summed E-state index contributed by atoms with van der Waals surface area (Å²) in [6.45, 7) is 1.74. The monoisotopic (exact) mass is 284 g/mol. The van der Waals surface area contributed by atoms with Gasteiger partial charge in [0.25, 0.3) is 0 Å². The van der Waals surface area contributed by atoms with Gasteiger partial charge >= 0.3 is 0 Å². The molecule has 2 aromatic rings. The molecule has 0 aliphatic heterocycles. The predicted molar refractivity (Wildman–Crippen MR) is 82.8 cm³/mol. The molecule has 0 spiro atoms. The van der Waals surface area contributed by atoms with Crippen LogP contribution in [0.25, 0.3) is 6.08 Å². The summed E-state index contributed by atoms with van der Waals surface area (Å²) < 4.78 is 13.6. The summed E-state index contributed by atoms with van der Waals surface area (Å²) in [5.74, 6) is -0.613. The smallest absolute Gasteiger partial charge is 0.244 e. The molecule has 3 nitrogen and oxygen atoms in total. The first-order valence-corrected chi connectivity index (χ1v) is 6.65. The Balaban J connectivity index is 2.00. The highest BCUT2D eigenvalue weighted by Crippen LogP contribution is 2.16. The van der Waals surface area contributed by atoms with Gasteiger partial charge in [-0.25, -0.2) is 4.39 Å². The first kappa shape index (κ1) is 14.8. The van der Waals surface area contributed by atoms with E-state index < -0.39 is 6.04 Å². The van der Waals surface area contributed by atoms with Crippen LogP contribution in [0.15, 0.2) is 54.6 Å². The van der Waals surface area contributed by atoms with Crippen LogP contribution < -0.4 is 11.1 Å². The quantitative estimate of drug-likeness (QED) is 0.668. The number of amides is 1. The summed E-state index contributed by atoms with van der Waals surface area (Å²) in [5.41, 5.74) is 7.60. The van der Waals surface area contributed by atoms with E-state index in [4.69, 9.17) is 5.73 Å². The zero-order valence-electron chi connectivity index (χ0n) is 11.7. The number of anilines is 1. The summed E-state index contributed by atoms with van der Waals surface area (Å²) >= 11 is 0. The molecule has 0 unspecified atom stereocenters.